The third-order valence-electron chi connectivity index (χ3n) is 2.90. The van der Waals surface area contributed by atoms with Crippen LogP contribution in [0.4, 0.5) is 5.69 Å². The Bertz CT molecular complexity index is 647. The highest BCUT2D eigenvalue weighted by atomic mass is 79.9. The zero-order chi connectivity index (χ0) is 15.4. The van der Waals surface area contributed by atoms with Crippen LogP contribution in [0.15, 0.2) is 39.3 Å². The molecule has 0 fully saturated rings. The molecule has 0 saturated heterocycles. The molecule has 21 heavy (non-hydrogen) atoms. The summed E-state index contributed by atoms with van der Waals surface area (Å²) in [6.07, 6.45) is 0. The number of hydrogen-bond acceptors (Lipinski definition) is 4. The Labute approximate surface area is 140 Å². The standard InChI is InChI=1S/C15H15Br2NO3/c1-19-13-5-10(18)4-3-9(13)8-21-15-7-11(16)14(20-2)6-12(15)17/h3-7H,8,18H2,1-2H3. The minimum atomic E-state index is 0.376. The fraction of sp³-hybridized carbons (Fsp3) is 0.200. The molecular formula is C15H15Br2NO3. The maximum absolute atomic E-state index is 5.83. The van der Waals surface area contributed by atoms with Gasteiger partial charge in [-0.2, -0.15) is 0 Å². The minimum Gasteiger partial charge on any atom is -0.496 e. The van der Waals surface area contributed by atoms with Gasteiger partial charge < -0.3 is 19.9 Å². The highest BCUT2D eigenvalue weighted by Gasteiger charge is 2.10. The van der Waals surface area contributed by atoms with Gasteiger partial charge in [0.15, 0.2) is 0 Å². The highest BCUT2D eigenvalue weighted by molar-refractivity contribution is 9.11. The van der Waals surface area contributed by atoms with Crippen LogP contribution in [0.5, 0.6) is 17.2 Å². The van der Waals surface area contributed by atoms with Gasteiger partial charge in [0.1, 0.15) is 23.9 Å². The fourth-order valence-corrected chi connectivity index (χ4v) is 2.73. The summed E-state index contributed by atoms with van der Waals surface area (Å²) in [5.41, 5.74) is 7.32. The van der Waals surface area contributed by atoms with Crippen molar-refractivity contribution in [1.82, 2.24) is 0 Å². The van der Waals surface area contributed by atoms with Gasteiger partial charge in [-0.25, -0.2) is 0 Å². The van der Waals surface area contributed by atoms with E-state index in [0.717, 1.165) is 20.3 Å². The number of hydrogen-bond donors (Lipinski definition) is 1. The Morgan fingerprint density at radius 1 is 0.905 bits per heavy atom. The summed E-state index contributed by atoms with van der Waals surface area (Å²) in [6.45, 7) is 0.376. The number of rotatable bonds is 5. The summed E-state index contributed by atoms with van der Waals surface area (Å²) >= 11 is 6.90. The first-order chi connectivity index (χ1) is 10.0. The van der Waals surface area contributed by atoms with Crippen molar-refractivity contribution in [3.8, 4) is 17.2 Å². The number of halogens is 2. The van der Waals surface area contributed by atoms with Gasteiger partial charge in [-0.1, -0.05) is 0 Å². The molecule has 2 aromatic rings. The van der Waals surface area contributed by atoms with E-state index in [-0.39, 0.29) is 0 Å². The second-order valence-electron chi connectivity index (χ2n) is 4.28. The molecule has 0 saturated carbocycles. The monoisotopic (exact) mass is 415 g/mol. The van der Waals surface area contributed by atoms with Gasteiger partial charge in [-0.3, -0.25) is 0 Å². The second-order valence-corrected chi connectivity index (χ2v) is 5.99. The molecule has 4 nitrogen and oxygen atoms in total. The highest BCUT2D eigenvalue weighted by Crippen LogP contribution is 2.36. The number of nitrogen functional groups attached to an aromatic ring is 1. The van der Waals surface area contributed by atoms with Crippen molar-refractivity contribution in [3.63, 3.8) is 0 Å². The van der Waals surface area contributed by atoms with Crippen molar-refractivity contribution in [2.75, 3.05) is 20.0 Å². The van der Waals surface area contributed by atoms with Gasteiger partial charge in [0, 0.05) is 17.3 Å². The normalized spacial score (nSPS) is 10.3. The van der Waals surface area contributed by atoms with Gasteiger partial charge in [0.25, 0.3) is 0 Å². The maximum atomic E-state index is 5.83. The molecule has 0 radical (unpaired) electrons. The van der Waals surface area contributed by atoms with E-state index >= 15 is 0 Å². The van der Waals surface area contributed by atoms with E-state index in [1.807, 2.05) is 24.3 Å². The summed E-state index contributed by atoms with van der Waals surface area (Å²) in [5, 5.41) is 0. The van der Waals surface area contributed by atoms with E-state index in [4.69, 9.17) is 19.9 Å². The SMILES string of the molecule is COc1cc(Br)c(OCc2ccc(N)cc2OC)cc1Br. The molecule has 0 spiro atoms. The lowest BCUT2D eigenvalue weighted by Crippen LogP contribution is -2.00. The van der Waals surface area contributed by atoms with E-state index in [1.54, 1.807) is 20.3 Å². The molecular weight excluding hydrogens is 402 g/mol. The molecule has 2 rings (SSSR count). The smallest absolute Gasteiger partial charge is 0.135 e. The van der Waals surface area contributed by atoms with Crippen LogP contribution in [0.3, 0.4) is 0 Å². The number of nitrogens with two attached hydrogens (primary N) is 1. The van der Waals surface area contributed by atoms with Crippen LogP contribution in [0, 0.1) is 0 Å². The first kappa shape index (κ1) is 16.0. The van der Waals surface area contributed by atoms with Gasteiger partial charge in [-0.05, 0) is 56.1 Å². The Morgan fingerprint density at radius 2 is 1.52 bits per heavy atom. The molecule has 2 N–H and O–H groups in total. The first-order valence-electron chi connectivity index (χ1n) is 6.13. The van der Waals surface area contributed by atoms with Gasteiger partial charge in [-0.15, -0.1) is 0 Å². The van der Waals surface area contributed by atoms with Crippen molar-refractivity contribution in [2.45, 2.75) is 6.61 Å². The van der Waals surface area contributed by atoms with Crippen LogP contribution < -0.4 is 19.9 Å². The minimum absolute atomic E-state index is 0.376. The van der Waals surface area contributed by atoms with Crippen molar-refractivity contribution < 1.29 is 14.2 Å². The quantitative estimate of drug-likeness (QED) is 0.734. The molecule has 0 amide bonds. The van der Waals surface area contributed by atoms with Crippen LogP contribution in [-0.4, -0.2) is 14.2 Å². The lowest BCUT2D eigenvalue weighted by atomic mass is 10.2. The topological polar surface area (TPSA) is 53.7 Å². The lowest BCUT2D eigenvalue weighted by molar-refractivity contribution is 0.294. The number of benzene rings is 2. The second kappa shape index (κ2) is 7.04. The molecule has 0 aliphatic heterocycles. The van der Waals surface area contributed by atoms with E-state index < -0.39 is 0 Å². The number of anilines is 1. The van der Waals surface area contributed by atoms with Gasteiger partial charge in [0.2, 0.25) is 0 Å². The summed E-state index contributed by atoms with van der Waals surface area (Å²) < 4.78 is 18.0. The van der Waals surface area contributed by atoms with E-state index in [2.05, 4.69) is 31.9 Å². The van der Waals surface area contributed by atoms with Crippen molar-refractivity contribution in [1.29, 1.82) is 0 Å². The Balaban J connectivity index is 2.19. The third kappa shape index (κ3) is 3.83. The summed E-state index contributed by atoms with van der Waals surface area (Å²) in [5.74, 6) is 2.15. The average Bonchev–Trinajstić information content (AvgIpc) is 2.48. The predicted octanol–water partition coefficient (Wildman–Crippen LogP) is 4.39. The third-order valence-corrected chi connectivity index (χ3v) is 4.14. The Hall–Kier alpha value is -1.40. The first-order valence-corrected chi connectivity index (χ1v) is 7.72. The molecule has 0 unspecified atom stereocenters. The van der Waals surface area contributed by atoms with Crippen LogP contribution in [0.1, 0.15) is 5.56 Å². The molecule has 112 valence electrons. The summed E-state index contributed by atoms with van der Waals surface area (Å²) in [6, 6.07) is 9.19. The van der Waals surface area contributed by atoms with E-state index in [1.165, 1.54) is 0 Å². The van der Waals surface area contributed by atoms with Crippen LogP contribution in [0.25, 0.3) is 0 Å². The summed E-state index contributed by atoms with van der Waals surface area (Å²) in [7, 11) is 3.23. The zero-order valence-electron chi connectivity index (χ0n) is 11.7. The van der Waals surface area contributed by atoms with Crippen molar-refractivity contribution in [3.05, 3.63) is 44.8 Å². The molecule has 0 aromatic heterocycles. The fourth-order valence-electron chi connectivity index (χ4n) is 1.81. The maximum Gasteiger partial charge on any atom is 0.135 e. The van der Waals surface area contributed by atoms with E-state index in [0.29, 0.717) is 23.8 Å². The predicted molar refractivity (Wildman–Crippen MR) is 90.1 cm³/mol. The van der Waals surface area contributed by atoms with Crippen molar-refractivity contribution >= 4 is 37.5 Å². The zero-order valence-corrected chi connectivity index (χ0v) is 14.8. The van der Waals surface area contributed by atoms with Crippen LogP contribution in [0.2, 0.25) is 0 Å². The average molecular weight is 417 g/mol. The molecule has 2 aromatic carbocycles. The Kier molecular flexibility index (Phi) is 5.36. The summed E-state index contributed by atoms with van der Waals surface area (Å²) in [4.78, 5) is 0. The number of methoxy groups -OCH3 is 2. The largest absolute Gasteiger partial charge is 0.496 e. The van der Waals surface area contributed by atoms with E-state index in [9.17, 15) is 0 Å². The van der Waals surface area contributed by atoms with Gasteiger partial charge in [0.05, 0.1) is 23.2 Å². The molecule has 0 aliphatic rings. The number of ether oxygens (including phenoxy) is 3. The molecule has 0 atom stereocenters. The molecule has 0 heterocycles. The molecule has 0 aliphatic carbocycles. The lowest BCUT2D eigenvalue weighted by Gasteiger charge is -2.13. The van der Waals surface area contributed by atoms with Gasteiger partial charge >= 0.3 is 0 Å². The van der Waals surface area contributed by atoms with Crippen LogP contribution >= 0.6 is 31.9 Å². The Morgan fingerprint density at radius 3 is 2.19 bits per heavy atom. The van der Waals surface area contributed by atoms with Crippen molar-refractivity contribution in [2.24, 2.45) is 0 Å². The van der Waals surface area contributed by atoms with Crippen LogP contribution in [-0.2, 0) is 6.61 Å². The molecule has 0 bridgehead atoms. The molecule has 6 heteroatoms.